The number of nitrogens with one attached hydrogen (secondary N) is 1. The minimum Gasteiger partial charge on any atom is -0.355 e. The zero-order valence-electron chi connectivity index (χ0n) is 15.4. The maximum atomic E-state index is 12.7. The predicted octanol–water partition coefficient (Wildman–Crippen LogP) is 2.70. The molecule has 1 spiro atoms. The van der Waals surface area contributed by atoms with Crippen LogP contribution in [0, 0.1) is 10.8 Å². The van der Waals surface area contributed by atoms with Gasteiger partial charge in [-0.25, -0.2) is 0 Å². The average molecular weight is 448 g/mol. The predicted molar refractivity (Wildman–Crippen MR) is 109 cm³/mol. The summed E-state index contributed by atoms with van der Waals surface area (Å²) in [5.74, 6) is 1.27. The van der Waals surface area contributed by atoms with Gasteiger partial charge in [-0.05, 0) is 37.5 Å². The van der Waals surface area contributed by atoms with Crippen LogP contribution in [0.25, 0.3) is 0 Å². The smallest absolute Gasteiger partial charge is 0.230 e. The molecule has 138 valence electrons. The summed E-state index contributed by atoms with van der Waals surface area (Å²) < 4.78 is 0. The monoisotopic (exact) mass is 448 g/mol. The van der Waals surface area contributed by atoms with Crippen molar-refractivity contribution in [1.82, 2.24) is 15.1 Å². The van der Waals surface area contributed by atoms with E-state index in [-0.39, 0.29) is 35.3 Å². The molecule has 0 aromatic rings. The average Bonchev–Trinajstić information content (AvgIpc) is 3.14. The number of carbonyl (C=O) groups excluding carboxylic acids is 1. The van der Waals surface area contributed by atoms with E-state index in [2.05, 4.69) is 15.2 Å². The Kier molecular flexibility index (Phi) is 6.42. The van der Waals surface area contributed by atoms with Crippen molar-refractivity contribution in [3.63, 3.8) is 0 Å². The molecular formula is C18H33IN4O. The van der Waals surface area contributed by atoms with Crippen molar-refractivity contribution in [2.75, 3.05) is 40.8 Å². The number of aliphatic imine (C=N–C) groups is 1. The van der Waals surface area contributed by atoms with E-state index in [4.69, 9.17) is 0 Å². The Morgan fingerprint density at radius 2 is 1.79 bits per heavy atom. The zero-order chi connectivity index (χ0) is 16.5. The molecule has 5 nitrogen and oxygen atoms in total. The van der Waals surface area contributed by atoms with Gasteiger partial charge < -0.3 is 15.1 Å². The van der Waals surface area contributed by atoms with Crippen LogP contribution >= 0.6 is 24.0 Å². The molecule has 1 N–H and O–H groups in total. The number of nitrogens with zero attached hydrogens (tertiary/aromatic N) is 3. The highest BCUT2D eigenvalue weighted by atomic mass is 127. The van der Waals surface area contributed by atoms with E-state index in [9.17, 15) is 4.79 Å². The first kappa shape index (κ1) is 19.8. The third-order valence-electron chi connectivity index (χ3n) is 6.37. The molecule has 3 aliphatic rings. The van der Waals surface area contributed by atoms with Crippen LogP contribution in [0.4, 0.5) is 0 Å². The minimum atomic E-state index is -0.229. The van der Waals surface area contributed by atoms with Crippen LogP contribution in [0.2, 0.25) is 0 Å². The molecule has 0 radical (unpaired) electrons. The number of rotatable bonds is 3. The second kappa shape index (κ2) is 7.79. The van der Waals surface area contributed by atoms with Crippen molar-refractivity contribution < 1.29 is 4.79 Å². The van der Waals surface area contributed by atoms with E-state index >= 15 is 0 Å². The number of carbonyl (C=O) groups is 1. The highest BCUT2D eigenvalue weighted by Gasteiger charge is 2.45. The lowest BCUT2D eigenvalue weighted by Crippen LogP contribution is -2.50. The molecule has 24 heavy (non-hydrogen) atoms. The fourth-order valence-electron chi connectivity index (χ4n) is 4.77. The van der Waals surface area contributed by atoms with Gasteiger partial charge in [-0.3, -0.25) is 9.79 Å². The Hall–Kier alpha value is -0.530. The quantitative estimate of drug-likeness (QED) is 0.411. The lowest BCUT2D eigenvalue weighted by molar-refractivity contribution is -0.138. The lowest BCUT2D eigenvalue weighted by atomic mass is 9.68. The summed E-state index contributed by atoms with van der Waals surface area (Å²) in [4.78, 5) is 21.3. The Morgan fingerprint density at radius 1 is 1.12 bits per heavy atom. The second-order valence-corrected chi connectivity index (χ2v) is 8.11. The molecule has 0 aromatic carbocycles. The molecule has 1 heterocycles. The summed E-state index contributed by atoms with van der Waals surface area (Å²) >= 11 is 0. The first-order valence-electron chi connectivity index (χ1n) is 9.18. The summed E-state index contributed by atoms with van der Waals surface area (Å²) in [5, 5.41) is 3.54. The Morgan fingerprint density at radius 3 is 2.25 bits per heavy atom. The van der Waals surface area contributed by atoms with Gasteiger partial charge in [0.15, 0.2) is 5.96 Å². The first-order valence-corrected chi connectivity index (χ1v) is 9.18. The standard InChI is InChI=1S/C18H32N4O.HI/c1-19-16(22-12-11-17(14-22)7-6-8-17)20-13-18(9-4-5-10-18)15(23)21(2)3;/h4-14H2,1-3H3,(H,19,20);1H. The molecule has 1 aliphatic heterocycles. The van der Waals surface area contributed by atoms with Gasteiger partial charge in [0.05, 0.1) is 5.41 Å². The minimum absolute atomic E-state index is 0. The third kappa shape index (κ3) is 3.68. The first-order chi connectivity index (χ1) is 11.0. The highest BCUT2D eigenvalue weighted by molar-refractivity contribution is 14.0. The fourth-order valence-corrected chi connectivity index (χ4v) is 4.77. The largest absolute Gasteiger partial charge is 0.355 e. The summed E-state index contributed by atoms with van der Waals surface area (Å²) in [6.45, 7) is 2.97. The van der Waals surface area contributed by atoms with Crippen molar-refractivity contribution in [1.29, 1.82) is 0 Å². The molecule has 2 saturated carbocycles. The van der Waals surface area contributed by atoms with Gasteiger partial charge in [-0.2, -0.15) is 0 Å². The number of halogens is 1. The molecule has 0 atom stereocenters. The van der Waals surface area contributed by atoms with Crippen LogP contribution in [0.3, 0.4) is 0 Å². The number of amides is 1. The van der Waals surface area contributed by atoms with Crippen LogP contribution in [0.1, 0.15) is 51.4 Å². The van der Waals surface area contributed by atoms with E-state index in [1.165, 1.54) is 25.7 Å². The van der Waals surface area contributed by atoms with Crippen molar-refractivity contribution in [3.05, 3.63) is 0 Å². The van der Waals surface area contributed by atoms with E-state index in [1.807, 2.05) is 21.1 Å². The Bertz CT molecular complexity index is 481. The maximum absolute atomic E-state index is 12.7. The molecule has 1 amide bonds. The number of hydrogen-bond acceptors (Lipinski definition) is 2. The number of guanidine groups is 1. The van der Waals surface area contributed by atoms with E-state index in [1.54, 1.807) is 4.90 Å². The van der Waals surface area contributed by atoms with Crippen molar-refractivity contribution in [2.45, 2.75) is 51.4 Å². The van der Waals surface area contributed by atoms with Crippen molar-refractivity contribution in [3.8, 4) is 0 Å². The van der Waals surface area contributed by atoms with Crippen LogP contribution < -0.4 is 5.32 Å². The topological polar surface area (TPSA) is 47.9 Å². The maximum Gasteiger partial charge on any atom is 0.230 e. The van der Waals surface area contributed by atoms with Crippen LogP contribution in [0.15, 0.2) is 4.99 Å². The van der Waals surface area contributed by atoms with Crippen LogP contribution in [-0.2, 0) is 4.79 Å². The summed E-state index contributed by atoms with van der Waals surface area (Å²) in [7, 11) is 5.61. The molecule has 3 fully saturated rings. The second-order valence-electron chi connectivity index (χ2n) is 8.11. The van der Waals surface area contributed by atoms with E-state index < -0.39 is 0 Å². The molecule has 0 unspecified atom stereocenters. The molecule has 6 heteroatoms. The number of hydrogen-bond donors (Lipinski definition) is 1. The summed E-state index contributed by atoms with van der Waals surface area (Å²) in [6.07, 6.45) is 9.76. The molecular weight excluding hydrogens is 415 g/mol. The summed E-state index contributed by atoms with van der Waals surface area (Å²) in [5.41, 5.74) is 0.343. The molecule has 0 bridgehead atoms. The Labute approximate surface area is 163 Å². The highest BCUT2D eigenvalue weighted by Crippen LogP contribution is 2.48. The SMILES string of the molecule is CN=C(NCC1(C(=O)N(C)C)CCCC1)N1CCC2(CCC2)C1.I. The fraction of sp³-hybridized carbons (Fsp3) is 0.889. The van der Waals surface area contributed by atoms with E-state index in [0.29, 0.717) is 5.41 Å². The molecule has 0 aromatic heterocycles. The van der Waals surface area contributed by atoms with Gasteiger partial charge >= 0.3 is 0 Å². The zero-order valence-corrected chi connectivity index (χ0v) is 17.8. The van der Waals surface area contributed by atoms with Crippen LogP contribution in [-0.4, -0.2) is 62.4 Å². The van der Waals surface area contributed by atoms with Gasteiger partial charge in [0.2, 0.25) is 5.91 Å². The molecule has 2 aliphatic carbocycles. The van der Waals surface area contributed by atoms with Gasteiger partial charge in [-0.15, -0.1) is 24.0 Å². The van der Waals surface area contributed by atoms with Gasteiger partial charge in [0.25, 0.3) is 0 Å². The van der Waals surface area contributed by atoms with Crippen molar-refractivity contribution in [2.24, 2.45) is 15.8 Å². The van der Waals surface area contributed by atoms with Crippen molar-refractivity contribution >= 4 is 35.8 Å². The lowest BCUT2D eigenvalue weighted by Gasteiger charge is -2.38. The van der Waals surface area contributed by atoms with E-state index in [0.717, 1.165) is 51.3 Å². The van der Waals surface area contributed by atoms with Gasteiger partial charge in [0.1, 0.15) is 0 Å². The van der Waals surface area contributed by atoms with Gasteiger partial charge in [-0.1, -0.05) is 19.3 Å². The third-order valence-corrected chi connectivity index (χ3v) is 6.37. The molecule has 3 rings (SSSR count). The summed E-state index contributed by atoms with van der Waals surface area (Å²) in [6, 6.07) is 0. The van der Waals surface area contributed by atoms with Crippen LogP contribution in [0.5, 0.6) is 0 Å². The normalized spacial score (nSPS) is 24.5. The van der Waals surface area contributed by atoms with Gasteiger partial charge in [0, 0.05) is 40.8 Å². The molecule has 1 saturated heterocycles. The Balaban J connectivity index is 0.00000208. The number of likely N-dealkylation sites (tertiary alicyclic amines) is 1.